The second-order valence-corrected chi connectivity index (χ2v) is 8.05. The molecular formula is C22H19Cl2F2N5O. The van der Waals surface area contributed by atoms with Gasteiger partial charge in [0.2, 0.25) is 0 Å². The highest BCUT2D eigenvalue weighted by atomic mass is 35.5. The first kappa shape index (κ1) is 22.3. The second-order valence-electron chi connectivity index (χ2n) is 7.18. The Balaban J connectivity index is 1.91. The van der Waals surface area contributed by atoms with Crippen molar-refractivity contribution in [2.45, 2.75) is 0 Å². The molecule has 0 radical (unpaired) electrons. The van der Waals surface area contributed by atoms with Crippen LogP contribution >= 0.6 is 23.2 Å². The lowest BCUT2D eigenvalue weighted by Crippen LogP contribution is -2.39. The quantitative estimate of drug-likeness (QED) is 0.464. The minimum absolute atomic E-state index is 0.214. The molecule has 2 N–H and O–H groups in total. The van der Waals surface area contributed by atoms with Gasteiger partial charge in [-0.2, -0.15) is 0 Å². The van der Waals surface area contributed by atoms with Gasteiger partial charge in [0.1, 0.15) is 11.5 Å². The number of nitrogens with one attached hydrogen (secondary N) is 2. The number of rotatable bonds is 5. The van der Waals surface area contributed by atoms with E-state index >= 15 is 8.78 Å². The third-order valence-electron chi connectivity index (χ3n) is 5.06. The van der Waals surface area contributed by atoms with Gasteiger partial charge in [-0.05, 0) is 37.4 Å². The average molecular weight is 478 g/mol. The number of benzene rings is 2. The van der Waals surface area contributed by atoms with Gasteiger partial charge >= 0.3 is 6.03 Å². The van der Waals surface area contributed by atoms with Crippen LogP contribution in [0.5, 0.6) is 0 Å². The van der Waals surface area contributed by atoms with Gasteiger partial charge in [-0.25, -0.2) is 18.6 Å². The van der Waals surface area contributed by atoms with Crippen LogP contribution in [0, 0.1) is 11.6 Å². The van der Waals surface area contributed by atoms with Crippen LogP contribution in [0.25, 0.3) is 11.1 Å². The Morgan fingerprint density at radius 3 is 2.41 bits per heavy atom. The fraction of sp³-hybridized carbons (Fsp3) is 0.182. The Bertz CT molecular complexity index is 1180. The second kappa shape index (κ2) is 8.90. The van der Waals surface area contributed by atoms with Crippen molar-refractivity contribution in [2.24, 2.45) is 0 Å². The molecule has 0 bridgehead atoms. The largest absolute Gasteiger partial charge is 0.384 e. The number of fused-ring (bicyclic) bond motifs is 3. The van der Waals surface area contributed by atoms with E-state index in [1.807, 2.05) is 0 Å². The summed E-state index contributed by atoms with van der Waals surface area (Å²) in [5.74, 6) is -1.50. The molecule has 0 unspecified atom stereocenters. The molecule has 0 saturated heterocycles. The van der Waals surface area contributed by atoms with Crippen LogP contribution in [0.4, 0.5) is 36.5 Å². The molecule has 1 aliphatic heterocycles. The predicted octanol–water partition coefficient (Wildman–Crippen LogP) is 5.67. The Morgan fingerprint density at radius 1 is 1.00 bits per heavy atom. The summed E-state index contributed by atoms with van der Waals surface area (Å²) in [6.45, 7) is 1.08. The van der Waals surface area contributed by atoms with E-state index in [9.17, 15) is 4.79 Å². The Morgan fingerprint density at radius 2 is 1.72 bits per heavy atom. The zero-order valence-corrected chi connectivity index (χ0v) is 18.7. The molecule has 2 heterocycles. The minimum Gasteiger partial charge on any atom is -0.384 e. The highest BCUT2D eigenvalue weighted by Crippen LogP contribution is 2.45. The smallest absolute Gasteiger partial charge is 0.334 e. The SMILES string of the molecule is CNCCNc1cc(F)c(N2C(=O)N(C)c3ncc(Cl)cc3-c3ccc(Cl)cc32)c(F)c1. The number of aromatic nitrogens is 1. The molecule has 1 aliphatic rings. The summed E-state index contributed by atoms with van der Waals surface area (Å²) < 4.78 is 30.5. The van der Waals surface area contributed by atoms with Crippen molar-refractivity contribution in [3.63, 3.8) is 0 Å². The number of halogens is 4. The summed E-state index contributed by atoms with van der Waals surface area (Å²) in [5.41, 5.74) is 1.01. The van der Waals surface area contributed by atoms with Gasteiger partial charge in [-0.3, -0.25) is 9.80 Å². The normalized spacial score (nSPS) is 13.0. The number of urea groups is 1. The van der Waals surface area contributed by atoms with Gasteiger partial charge in [0.25, 0.3) is 0 Å². The van der Waals surface area contributed by atoms with E-state index in [0.29, 0.717) is 40.1 Å². The number of carbonyl (C=O) groups excluding carboxylic acids is 1. The lowest BCUT2D eigenvalue weighted by molar-refractivity contribution is 0.254. The molecule has 2 aromatic carbocycles. The molecule has 0 saturated carbocycles. The van der Waals surface area contributed by atoms with Gasteiger partial charge in [0, 0.05) is 48.2 Å². The molecular weight excluding hydrogens is 459 g/mol. The van der Waals surface area contributed by atoms with E-state index in [2.05, 4.69) is 15.6 Å². The van der Waals surface area contributed by atoms with Crippen LogP contribution in [-0.2, 0) is 0 Å². The van der Waals surface area contributed by atoms with Crippen molar-refractivity contribution in [2.75, 3.05) is 42.3 Å². The first-order valence-electron chi connectivity index (χ1n) is 9.72. The van der Waals surface area contributed by atoms with Crippen LogP contribution in [-0.4, -0.2) is 38.2 Å². The summed E-state index contributed by atoms with van der Waals surface area (Å²) in [7, 11) is 3.25. The topological polar surface area (TPSA) is 60.5 Å². The molecule has 1 aromatic heterocycles. The van der Waals surface area contributed by atoms with Crippen LogP contribution in [0.2, 0.25) is 10.0 Å². The molecule has 4 rings (SSSR count). The van der Waals surface area contributed by atoms with Crippen molar-refractivity contribution in [3.05, 3.63) is 64.3 Å². The average Bonchev–Trinajstić information content (AvgIpc) is 2.82. The van der Waals surface area contributed by atoms with Crippen LogP contribution < -0.4 is 20.4 Å². The highest BCUT2D eigenvalue weighted by molar-refractivity contribution is 6.32. The standard InChI is InChI=1S/C22H19Cl2F2N5O/c1-27-5-6-28-14-9-17(25)20(18(26)10-14)31-19-8-12(23)3-4-15(19)16-7-13(24)11-29-21(16)30(2)22(31)32/h3-4,7-11,27-28H,5-6H2,1-2H3. The first-order chi connectivity index (χ1) is 15.3. The Kier molecular flexibility index (Phi) is 6.19. The number of pyridine rings is 1. The fourth-order valence-electron chi connectivity index (χ4n) is 3.59. The van der Waals surface area contributed by atoms with Crippen LogP contribution in [0.15, 0.2) is 42.6 Å². The molecule has 3 aromatic rings. The number of anilines is 4. The number of hydrogen-bond donors (Lipinski definition) is 2. The summed E-state index contributed by atoms with van der Waals surface area (Å²) in [6.07, 6.45) is 1.40. The van der Waals surface area contributed by atoms with E-state index in [0.717, 1.165) is 17.0 Å². The lowest BCUT2D eigenvalue weighted by atomic mass is 10.0. The molecule has 32 heavy (non-hydrogen) atoms. The van der Waals surface area contributed by atoms with Crippen molar-refractivity contribution >= 4 is 52.1 Å². The zero-order valence-electron chi connectivity index (χ0n) is 17.2. The molecule has 0 aliphatic carbocycles. The summed E-state index contributed by atoms with van der Waals surface area (Å²) in [5, 5.41) is 6.53. The number of amides is 2. The van der Waals surface area contributed by atoms with Crippen molar-refractivity contribution in [1.29, 1.82) is 0 Å². The molecule has 0 fully saturated rings. The molecule has 2 amide bonds. The van der Waals surface area contributed by atoms with E-state index in [1.54, 1.807) is 25.2 Å². The third kappa shape index (κ3) is 3.97. The molecule has 10 heteroatoms. The van der Waals surface area contributed by atoms with Crippen molar-refractivity contribution in [1.82, 2.24) is 10.3 Å². The maximum Gasteiger partial charge on any atom is 0.334 e. The highest BCUT2D eigenvalue weighted by Gasteiger charge is 2.35. The van der Waals surface area contributed by atoms with E-state index in [1.165, 1.54) is 24.2 Å². The van der Waals surface area contributed by atoms with Crippen LogP contribution in [0.1, 0.15) is 0 Å². The van der Waals surface area contributed by atoms with Gasteiger partial charge in [0.05, 0.1) is 10.7 Å². The Hall–Kier alpha value is -2.94. The maximum absolute atomic E-state index is 15.2. The van der Waals surface area contributed by atoms with Crippen molar-refractivity contribution < 1.29 is 13.6 Å². The number of nitrogens with zero attached hydrogens (tertiary/aromatic N) is 3. The lowest BCUT2D eigenvalue weighted by Gasteiger charge is -2.27. The van der Waals surface area contributed by atoms with Gasteiger partial charge in [0.15, 0.2) is 11.6 Å². The van der Waals surface area contributed by atoms with Gasteiger partial charge in [-0.15, -0.1) is 0 Å². The molecule has 6 nitrogen and oxygen atoms in total. The van der Waals surface area contributed by atoms with E-state index < -0.39 is 23.4 Å². The van der Waals surface area contributed by atoms with Gasteiger partial charge < -0.3 is 10.6 Å². The molecule has 0 atom stereocenters. The monoisotopic (exact) mass is 477 g/mol. The fourth-order valence-corrected chi connectivity index (χ4v) is 3.91. The van der Waals surface area contributed by atoms with E-state index in [4.69, 9.17) is 23.2 Å². The molecule has 166 valence electrons. The third-order valence-corrected chi connectivity index (χ3v) is 5.51. The van der Waals surface area contributed by atoms with E-state index in [-0.39, 0.29) is 11.4 Å². The predicted molar refractivity (Wildman–Crippen MR) is 124 cm³/mol. The van der Waals surface area contributed by atoms with Gasteiger partial charge in [-0.1, -0.05) is 29.3 Å². The van der Waals surface area contributed by atoms with Crippen molar-refractivity contribution in [3.8, 4) is 11.1 Å². The maximum atomic E-state index is 15.2. The first-order valence-corrected chi connectivity index (χ1v) is 10.5. The summed E-state index contributed by atoms with van der Waals surface area (Å²) in [6, 6.07) is 8.02. The Labute approximate surface area is 193 Å². The summed E-state index contributed by atoms with van der Waals surface area (Å²) >= 11 is 12.4. The summed E-state index contributed by atoms with van der Waals surface area (Å²) in [4.78, 5) is 19.9. The zero-order chi connectivity index (χ0) is 23.0. The number of hydrogen-bond acceptors (Lipinski definition) is 4. The minimum atomic E-state index is -0.901. The van der Waals surface area contributed by atoms with Crippen LogP contribution in [0.3, 0.4) is 0 Å². The number of carbonyl (C=O) groups is 1. The molecule has 0 spiro atoms. The number of likely N-dealkylation sites (N-methyl/N-ethyl adjacent to an activating group) is 1.